The van der Waals surface area contributed by atoms with Crippen LogP contribution in [-0.2, 0) is 22.3 Å². The summed E-state index contributed by atoms with van der Waals surface area (Å²) in [5.74, 6) is -0.579. The lowest BCUT2D eigenvalue weighted by atomic mass is 10.0. The van der Waals surface area contributed by atoms with Gasteiger partial charge in [0.05, 0.1) is 11.5 Å². The number of nitrogens with zero attached hydrogens (tertiary/aromatic N) is 1. The Bertz CT molecular complexity index is 708. The van der Waals surface area contributed by atoms with Gasteiger partial charge in [-0.3, -0.25) is 9.59 Å². The van der Waals surface area contributed by atoms with Crippen LogP contribution in [0, 0.1) is 11.8 Å². The van der Waals surface area contributed by atoms with Gasteiger partial charge in [0.15, 0.2) is 0 Å². The Morgan fingerprint density at radius 3 is 2.78 bits per heavy atom. The number of alkyl halides is 3. The second-order valence-corrected chi connectivity index (χ2v) is 7.42. The average Bonchev–Trinajstić information content (AvgIpc) is 3.21. The molecule has 1 aromatic carbocycles. The van der Waals surface area contributed by atoms with E-state index in [0.717, 1.165) is 31.4 Å². The van der Waals surface area contributed by atoms with Crippen LogP contribution in [0.1, 0.15) is 36.8 Å². The number of halogens is 3. The van der Waals surface area contributed by atoms with Gasteiger partial charge in [-0.15, -0.1) is 0 Å². The number of nitrogens with two attached hydrogens (primary N) is 1. The van der Waals surface area contributed by atoms with Gasteiger partial charge in [0, 0.05) is 25.6 Å². The van der Waals surface area contributed by atoms with E-state index in [9.17, 15) is 22.8 Å². The maximum atomic E-state index is 12.8. The van der Waals surface area contributed by atoms with E-state index in [1.54, 1.807) is 6.07 Å². The zero-order chi connectivity index (χ0) is 19.6. The molecule has 1 aromatic rings. The minimum Gasteiger partial charge on any atom is -0.353 e. The molecule has 1 saturated heterocycles. The lowest BCUT2D eigenvalue weighted by Crippen LogP contribution is -2.43. The number of rotatable bonds is 5. The monoisotopic (exact) mass is 383 g/mol. The summed E-state index contributed by atoms with van der Waals surface area (Å²) in [7, 11) is 0. The standard InChI is InChI=1S/C19H24F3N3O2/c20-19(21,22)15-5-1-3-12(7-15)10-25-11-14(8-17(25)26)18(27)24-16-6-2-4-13(16)9-23/h1,3,5,7,13-14,16H,2,4,6,8-11,23H2,(H,24,27). The maximum absolute atomic E-state index is 12.8. The summed E-state index contributed by atoms with van der Waals surface area (Å²) in [5.41, 5.74) is 5.39. The first kappa shape index (κ1) is 19.7. The number of benzene rings is 1. The first-order valence-electron chi connectivity index (χ1n) is 9.22. The third kappa shape index (κ3) is 4.61. The van der Waals surface area contributed by atoms with E-state index in [1.807, 2.05) is 0 Å². The van der Waals surface area contributed by atoms with Crippen LogP contribution in [0.15, 0.2) is 24.3 Å². The summed E-state index contributed by atoms with van der Waals surface area (Å²) in [6.45, 7) is 0.818. The lowest BCUT2D eigenvalue weighted by Gasteiger charge is -2.22. The molecule has 0 radical (unpaired) electrons. The maximum Gasteiger partial charge on any atom is 0.416 e. The second kappa shape index (κ2) is 7.88. The van der Waals surface area contributed by atoms with Crippen LogP contribution in [0.3, 0.4) is 0 Å². The van der Waals surface area contributed by atoms with Crippen LogP contribution < -0.4 is 11.1 Å². The third-order valence-corrected chi connectivity index (χ3v) is 5.50. The first-order valence-corrected chi connectivity index (χ1v) is 9.22. The van der Waals surface area contributed by atoms with Gasteiger partial charge in [0.2, 0.25) is 11.8 Å². The molecular weight excluding hydrogens is 359 g/mol. The molecule has 3 atom stereocenters. The highest BCUT2D eigenvalue weighted by atomic mass is 19.4. The molecule has 2 amide bonds. The van der Waals surface area contributed by atoms with Gasteiger partial charge in [-0.05, 0) is 43.0 Å². The Hall–Kier alpha value is -2.09. The molecule has 3 rings (SSSR count). The highest BCUT2D eigenvalue weighted by Gasteiger charge is 2.37. The van der Waals surface area contributed by atoms with Crippen molar-refractivity contribution in [3.8, 4) is 0 Å². The molecule has 3 N–H and O–H groups in total. The molecule has 0 bridgehead atoms. The van der Waals surface area contributed by atoms with E-state index in [2.05, 4.69) is 5.32 Å². The quantitative estimate of drug-likeness (QED) is 0.819. The minimum atomic E-state index is -4.42. The summed E-state index contributed by atoms with van der Waals surface area (Å²) in [6.07, 6.45) is -1.42. The molecule has 1 saturated carbocycles. The van der Waals surface area contributed by atoms with Crippen molar-refractivity contribution in [1.29, 1.82) is 0 Å². The Kier molecular flexibility index (Phi) is 5.74. The highest BCUT2D eigenvalue weighted by Crippen LogP contribution is 2.30. The number of carbonyl (C=O) groups is 2. The number of hydrogen-bond donors (Lipinski definition) is 2. The average molecular weight is 383 g/mol. The molecule has 0 spiro atoms. The fraction of sp³-hybridized carbons (Fsp3) is 0.579. The van der Waals surface area contributed by atoms with Gasteiger partial charge < -0.3 is 16.0 Å². The number of hydrogen-bond acceptors (Lipinski definition) is 3. The van der Waals surface area contributed by atoms with E-state index >= 15 is 0 Å². The summed E-state index contributed by atoms with van der Waals surface area (Å²) in [5, 5.41) is 3.01. The predicted octanol–water partition coefficient (Wildman–Crippen LogP) is 2.30. The van der Waals surface area contributed by atoms with Crippen LogP contribution in [0.25, 0.3) is 0 Å². The Balaban J connectivity index is 1.60. The Morgan fingerprint density at radius 2 is 2.07 bits per heavy atom. The fourth-order valence-electron chi connectivity index (χ4n) is 3.98. The number of likely N-dealkylation sites (tertiary alicyclic amines) is 1. The van der Waals surface area contributed by atoms with Crippen molar-refractivity contribution < 1.29 is 22.8 Å². The molecular formula is C19H24F3N3O2. The van der Waals surface area contributed by atoms with Crippen molar-refractivity contribution in [1.82, 2.24) is 10.2 Å². The number of nitrogens with one attached hydrogen (secondary N) is 1. The van der Waals surface area contributed by atoms with E-state index in [0.29, 0.717) is 12.1 Å². The van der Waals surface area contributed by atoms with Crippen LogP contribution in [0.5, 0.6) is 0 Å². The van der Waals surface area contributed by atoms with Gasteiger partial charge in [0.1, 0.15) is 0 Å². The van der Waals surface area contributed by atoms with Crippen molar-refractivity contribution in [3.63, 3.8) is 0 Å². The van der Waals surface area contributed by atoms with Crippen molar-refractivity contribution in [3.05, 3.63) is 35.4 Å². The number of carbonyl (C=O) groups excluding carboxylic acids is 2. The zero-order valence-electron chi connectivity index (χ0n) is 15.0. The fourth-order valence-corrected chi connectivity index (χ4v) is 3.98. The molecule has 8 heteroatoms. The highest BCUT2D eigenvalue weighted by molar-refractivity contribution is 5.89. The normalized spacial score (nSPS) is 25.9. The molecule has 0 aromatic heterocycles. The van der Waals surface area contributed by atoms with Gasteiger partial charge >= 0.3 is 6.18 Å². The smallest absolute Gasteiger partial charge is 0.353 e. The van der Waals surface area contributed by atoms with Gasteiger partial charge in [-0.2, -0.15) is 13.2 Å². The molecule has 2 fully saturated rings. The molecule has 5 nitrogen and oxygen atoms in total. The van der Waals surface area contributed by atoms with Crippen LogP contribution >= 0.6 is 0 Å². The van der Waals surface area contributed by atoms with Crippen molar-refractivity contribution >= 4 is 11.8 Å². The third-order valence-electron chi connectivity index (χ3n) is 5.50. The predicted molar refractivity (Wildman–Crippen MR) is 93.3 cm³/mol. The van der Waals surface area contributed by atoms with Gasteiger partial charge in [-0.25, -0.2) is 0 Å². The zero-order valence-corrected chi connectivity index (χ0v) is 15.0. The molecule has 1 heterocycles. The summed E-state index contributed by atoms with van der Waals surface area (Å²) >= 11 is 0. The molecule has 3 unspecified atom stereocenters. The molecule has 2 aliphatic rings. The van der Waals surface area contributed by atoms with Gasteiger partial charge in [0.25, 0.3) is 0 Å². The van der Waals surface area contributed by atoms with Gasteiger partial charge in [-0.1, -0.05) is 18.6 Å². The molecule has 1 aliphatic heterocycles. The van der Waals surface area contributed by atoms with E-state index < -0.39 is 17.7 Å². The van der Waals surface area contributed by atoms with E-state index in [4.69, 9.17) is 5.73 Å². The summed E-state index contributed by atoms with van der Waals surface area (Å²) < 4.78 is 38.5. The lowest BCUT2D eigenvalue weighted by molar-refractivity contribution is -0.137. The van der Waals surface area contributed by atoms with Crippen LogP contribution in [-0.4, -0.2) is 35.8 Å². The minimum absolute atomic E-state index is 0.0510. The van der Waals surface area contributed by atoms with Crippen LogP contribution in [0.2, 0.25) is 0 Å². The molecule has 27 heavy (non-hydrogen) atoms. The molecule has 148 valence electrons. The topological polar surface area (TPSA) is 75.4 Å². The Morgan fingerprint density at radius 1 is 1.30 bits per heavy atom. The largest absolute Gasteiger partial charge is 0.416 e. The Labute approximate surface area is 156 Å². The first-order chi connectivity index (χ1) is 12.8. The number of amides is 2. The van der Waals surface area contributed by atoms with Crippen molar-refractivity contribution in [2.45, 2.75) is 44.4 Å². The van der Waals surface area contributed by atoms with Crippen LogP contribution in [0.4, 0.5) is 13.2 Å². The molecule has 1 aliphatic carbocycles. The van der Waals surface area contributed by atoms with Crippen molar-refractivity contribution in [2.24, 2.45) is 17.6 Å². The second-order valence-electron chi connectivity index (χ2n) is 7.42. The van der Waals surface area contributed by atoms with E-state index in [-0.39, 0.29) is 43.3 Å². The summed E-state index contributed by atoms with van der Waals surface area (Å²) in [4.78, 5) is 26.2. The summed E-state index contributed by atoms with van der Waals surface area (Å²) in [6, 6.07) is 4.98. The SMILES string of the molecule is NCC1CCCC1NC(=O)C1CC(=O)N(Cc2cccc(C(F)(F)F)c2)C1. The van der Waals surface area contributed by atoms with Crippen molar-refractivity contribution in [2.75, 3.05) is 13.1 Å². The van der Waals surface area contributed by atoms with E-state index in [1.165, 1.54) is 11.0 Å².